The fourth-order valence-corrected chi connectivity index (χ4v) is 2.66. The molecular weight excluding hydrogens is 300 g/mol. The molecule has 0 unspecified atom stereocenters. The summed E-state index contributed by atoms with van der Waals surface area (Å²) in [5.74, 6) is -1.35. The lowest BCUT2D eigenvalue weighted by Gasteiger charge is -2.06. The molecule has 0 bridgehead atoms. The van der Waals surface area contributed by atoms with Crippen LogP contribution in [-0.4, -0.2) is 26.8 Å². The summed E-state index contributed by atoms with van der Waals surface area (Å²) < 4.78 is 0. The van der Waals surface area contributed by atoms with Gasteiger partial charge in [0.25, 0.3) is 0 Å². The molecular formula is C16H10N2O3S. The van der Waals surface area contributed by atoms with Crippen molar-refractivity contribution >= 4 is 23.1 Å². The second kappa shape index (κ2) is 5.87. The highest BCUT2D eigenvalue weighted by molar-refractivity contribution is 7.12. The fraction of sp³-hybridized carbons (Fsp3) is 0. The van der Waals surface area contributed by atoms with Crippen LogP contribution < -0.4 is 0 Å². The molecule has 0 saturated carbocycles. The van der Waals surface area contributed by atoms with Crippen LogP contribution in [0.2, 0.25) is 0 Å². The van der Waals surface area contributed by atoms with E-state index in [1.54, 1.807) is 29.6 Å². The van der Waals surface area contributed by atoms with Gasteiger partial charge in [0, 0.05) is 11.8 Å². The number of benzene rings is 1. The third kappa shape index (κ3) is 2.64. The Hall–Kier alpha value is -2.86. The minimum absolute atomic E-state index is 0.00497. The summed E-state index contributed by atoms with van der Waals surface area (Å²) in [5, 5.41) is 11.1. The third-order valence-electron chi connectivity index (χ3n) is 3.01. The van der Waals surface area contributed by atoms with E-state index in [4.69, 9.17) is 0 Å². The zero-order chi connectivity index (χ0) is 15.5. The van der Waals surface area contributed by atoms with Crippen LogP contribution in [0.5, 0.6) is 0 Å². The van der Waals surface area contributed by atoms with Crippen LogP contribution in [0.25, 0.3) is 11.4 Å². The summed E-state index contributed by atoms with van der Waals surface area (Å²) in [7, 11) is 0. The van der Waals surface area contributed by atoms with E-state index >= 15 is 0 Å². The van der Waals surface area contributed by atoms with Crippen LogP contribution in [0, 0.1) is 0 Å². The van der Waals surface area contributed by atoms with Crippen molar-refractivity contribution in [2.24, 2.45) is 0 Å². The summed E-state index contributed by atoms with van der Waals surface area (Å²) in [5.41, 5.74) is 0.405. The fourth-order valence-electron chi connectivity index (χ4n) is 1.98. The standard InChI is InChI=1S/C16H10N2O3S/c19-14(12-7-4-8-22-12)11-9-17-15(18-13(11)16(20)21)10-5-2-1-3-6-10/h1-9H,(H,20,21). The summed E-state index contributed by atoms with van der Waals surface area (Å²) >= 11 is 1.25. The number of hydrogen-bond donors (Lipinski definition) is 1. The first-order chi connectivity index (χ1) is 10.7. The first-order valence-electron chi connectivity index (χ1n) is 6.41. The normalized spacial score (nSPS) is 10.4. The van der Waals surface area contributed by atoms with Gasteiger partial charge in [0.05, 0.1) is 10.4 Å². The van der Waals surface area contributed by atoms with Crippen molar-refractivity contribution in [2.45, 2.75) is 0 Å². The SMILES string of the molecule is O=C(c1cccs1)c1cnc(-c2ccccc2)nc1C(=O)O. The highest BCUT2D eigenvalue weighted by Crippen LogP contribution is 2.20. The first-order valence-corrected chi connectivity index (χ1v) is 7.29. The van der Waals surface area contributed by atoms with Crippen LogP contribution in [-0.2, 0) is 0 Å². The Labute approximate surface area is 129 Å². The molecule has 2 aromatic heterocycles. The quantitative estimate of drug-likeness (QED) is 0.749. The monoisotopic (exact) mass is 310 g/mol. The molecule has 1 aromatic carbocycles. The maximum atomic E-state index is 12.3. The minimum atomic E-state index is -1.25. The highest BCUT2D eigenvalue weighted by Gasteiger charge is 2.22. The van der Waals surface area contributed by atoms with Crippen LogP contribution in [0.4, 0.5) is 0 Å². The lowest BCUT2D eigenvalue weighted by Crippen LogP contribution is -2.13. The number of rotatable bonds is 4. The van der Waals surface area contributed by atoms with E-state index in [1.165, 1.54) is 17.5 Å². The number of aromatic nitrogens is 2. The molecule has 0 saturated heterocycles. The average Bonchev–Trinajstić information content (AvgIpc) is 3.09. The molecule has 1 N–H and O–H groups in total. The van der Waals surface area contributed by atoms with Gasteiger partial charge in [0.2, 0.25) is 5.78 Å². The lowest BCUT2D eigenvalue weighted by atomic mass is 10.1. The van der Waals surface area contributed by atoms with Gasteiger partial charge >= 0.3 is 5.97 Å². The molecule has 0 fully saturated rings. The van der Waals surface area contributed by atoms with E-state index in [1.807, 2.05) is 18.2 Å². The number of hydrogen-bond acceptors (Lipinski definition) is 5. The molecule has 5 nitrogen and oxygen atoms in total. The van der Waals surface area contributed by atoms with E-state index in [2.05, 4.69) is 9.97 Å². The molecule has 3 rings (SSSR count). The Morgan fingerprint density at radius 1 is 1.05 bits per heavy atom. The molecule has 2 heterocycles. The number of carbonyl (C=O) groups is 2. The van der Waals surface area contributed by atoms with Gasteiger partial charge in [-0.05, 0) is 11.4 Å². The van der Waals surface area contributed by atoms with E-state index in [0.717, 1.165) is 0 Å². The van der Waals surface area contributed by atoms with Crippen LogP contribution in [0.1, 0.15) is 25.7 Å². The van der Waals surface area contributed by atoms with E-state index < -0.39 is 5.97 Å². The lowest BCUT2D eigenvalue weighted by molar-refractivity contribution is 0.0686. The number of thiophene rings is 1. The largest absolute Gasteiger partial charge is 0.476 e. The summed E-state index contributed by atoms with van der Waals surface area (Å²) in [6, 6.07) is 12.4. The number of carboxylic acid groups (broad SMARTS) is 1. The van der Waals surface area contributed by atoms with Crippen molar-refractivity contribution in [3.05, 3.63) is 70.2 Å². The van der Waals surface area contributed by atoms with E-state index in [-0.39, 0.29) is 22.9 Å². The van der Waals surface area contributed by atoms with Crippen molar-refractivity contribution in [3.63, 3.8) is 0 Å². The third-order valence-corrected chi connectivity index (χ3v) is 3.88. The van der Waals surface area contributed by atoms with Gasteiger partial charge in [-0.2, -0.15) is 0 Å². The van der Waals surface area contributed by atoms with Gasteiger partial charge in [-0.15, -0.1) is 11.3 Å². The smallest absolute Gasteiger partial charge is 0.355 e. The summed E-state index contributed by atoms with van der Waals surface area (Å²) in [6.07, 6.45) is 1.28. The summed E-state index contributed by atoms with van der Waals surface area (Å²) in [4.78, 5) is 32.4. The molecule has 0 atom stereocenters. The van der Waals surface area contributed by atoms with Crippen LogP contribution >= 0.6 is 11.3 Å². The second-order valence-corrected chi connectivity index (χ2v) is 5.38. The van der Waals surface area contributed by atoms with Crippen molar-refractivity contribution < 1.29 is 14.7 Å². The second-order valence-electron chi connectivity index (χ2n) is 4.43. The number of aromatic carboxylic acids is 1. The molecule has 0 radical (unpaired) electrons. The summed E-state index contributed by atoms with van der Waals surface area (Å²) in [6.45, 7) is 0. The Bertz CT molecular complexity index is 830. The van der Waals surface area contributed by atoms with Crippen LogP contribution in [0.3, 0.4) is 0 Å². The number of ketones is 1. The van der Waals surface area contributed by atoms with Gasteiger partial charge in [-0.25, -0.2) is 14.8 Å². The molecule has 3 aromatic rings. The number of carboxylic acids is 1. The average molecular weight is 310 g/mol. The van der Waals surface area contributed by atoms with Crippen molar-refractivity contribution in [1.82, 2.24) is 9.97 Å². The molecule has 22 heavy (non-hydrogen) atoms. The predicted molar refractivity (Wildman–Crippen MR) is 82.2 cm³/mol. The van der Waals surface area contributed by atoms with Gasteiger partial charge in [0.1, 0.15) is 0 Å². The maximum Gasteiger partial charge on any atom is 0.355 e. The van der Waals surface area contributed by atoms with Crippen LogP contribution in [0.15, 0.2) is 54.0 Å². The van der Waals surface area contributed by atoms with Gasteiger partial charge in [-0.3, -0.25) is 4.79 Å². The number of nitrogens with zero attached hydrogens (tertiary/aromatic N) is 2. The minimum Gasteiger partial charge on any atom is -0.476 e. The Kier molecular flexibility index (Phi) is 3.76. The van der Waals surface area contributed by atoms with Crippen molar-refractivity contribution in [1.29, 1.82) is 0 Å². The van der Waals surface area contributed by atoms with E-state index in [9.17, 15) is 14.7 Å². The Morgan fingerprint density at radius 2 is 1.82 bits per heavy atom. The van der Waals surface area contributed by atoms with Crippen molar-refractivity contribution in [3.8, 4) is 11.4 Å². The van der Waals surface area contributed by atoms with Crippen molar-refractivity contribution in [2.75, 3.05) is 0 Å². The molecule has 0 spiro atoms. The molecule has 0 aliphatic heterocycles. The van der Waals surface area contributed by atoms with E-state index in [0.29, 0.717) is 10.4 Å². The Balaban J connectivity index is 2.09. The molecule has 0 amide bonds. The van der Waals surface area contributed by atoms with Gasteiger partial charge in [-0.1, -0.05) is 36.4 Å². The zero-order valence-corrected chi connectivity index (χ0v) is 12.1. The topological polar surface area (TPSA) is 80.2 Å². The molecule has 0 aliphatic carbocycles. The van der Waals surface area contributed by atoms with Gasteiger partial charge < -0.3 is 5.11 Å². The Morgan fingerprint density at radius 3 is 2.45 bits per heavy atom. The number of carbonyl (C=O) groups excluding carboxylic acids is 1. The van der Waals surface area contributed by atoms with Gasteiger partial charge in [0.15, 0.2) is 11.5 Å². The maximum absolute atomic E-state index is 12.3. The first kappa shape index (κ1) is 14.1. The molecule has 0 aliphatic rings. The predicted octanol–water partition coefficient (Wildman–Crippen LogP) is 3.13. The highest BCUT2D eigenvalue weighted by atomic mass is 32.1. The molecule has 108 valence electrons. The zero-order valence-electron chi connectivity index (χ0n) is 11.3. The molecule has 6 heteroatoms.